The number of aliphatic imine (C=N–C) groups is 1. The summed E-state index contributed by atoms with van der Waals surface area (Å²) >= 11 is 0. The number of hydrogen-bond acceptors (Lipinski definition) is 5. The Bertz CT molecular complexity index is 757. The molecule has 2 aromatic rings. The molecule has 1 aromatic heterocycles. The maximum atomic E-state index is 11.9. The van der Waals surface area contributed by atoms with E-state index in [2.05, 4.69) is 10.1 Å². The largest absolute Gasteiger partial charge is 0.494 e. The van der Waals surface area contributed by atoms with Gasteiger partial charge in [-0.1, -0.05) is 0 Å². The predicted octanol–water partition coefficient (Wildman–Crippen LogP) is 2.16. The van der Waals surface area contributed by atoms with Crippen LogP contribution in [-0.2, 0) is 16.6 Å². The number of esters is 1. The Morgan fingerprint density at radius 3 is 2.73 bits per heavy atom. The van der Waals surface area contributed by atoms with Gasteiger partial charge in [0.25, 0.3) is 0 Å². The Balaban J connectivity index is 1.84. The van der Waals surface area contributed by atoms with Crippen LogP contribution in [0.1, 0.15) is 18.1 Å². The lowest BCUT2D eigenvalue weighted by Crippen LogP contribution is -2.05. The number of ether oxygens (including phenoxy) is 2. The van der Waals surface area contributed by atoms with E-state index in [-0.39, 0.29) is 5.70 Å². The van der Waals surface area contributed by atoms with Crippen LogP contribution in [0.15, 0.2) is 47.3 Å². The Morgan fingerprint density at radius 2 is 2.09 bits per heavy atom. The van der Waals surface area contributed by atoms with Gasteiger partial charge in [-0.15, -0.1) is 0 Å². The summed E-state index contributed by atoms with van der Waals surface area (Å²) in [6.45, 7) is 2.53. The molecule has 3 rings (SSSR count). The molecule has 6 heteroatoms. The fraction of sp³-hybridized carbons (Fsp3) is 0.188. The van der Waals surface area contributed by atoms with Crippen LogP contribution in [0, 0.1) is 0 Å². The van der Waals surface area contributed by atoms with E-state index in [9.17, 15) is 4.79 Å². The summed E-state index contributed by atoms with van der Waals surface area (Å²) in [5.41, 5.74) is 1.79. The maximum Gasteiger partial charge on any atom is 0.363 e. The minimum Gasteiger partial charge on any atom is -0.494 e. The van der Waals surface area contributed by atoms with Gasteiger partial charge in [-0.3, -0.25) is 4.68 Å². The smallest absolute Gasteiger partial charge is 0.363 e. The number of aryl methyl sites for hydroxylation is 1. The second-order valence-corrected chi connectivity index (χ2v) is 4.74. The number of nitrogens with zero attached hydrogens (tertiary/aromatic N) is 3. The highest BCUT2D eigenvalue weighted by molar-refractivity contribution is 6.12. The van der Waals surface area contributed by atoms with Crippen molar-refractivity contribution >= 4 is 17.9 Å². The highest BCUT2D eigenvalue weighted by Gasteiger charge is 2.24. The van der Waals surface area contributed by atoms with Gasteiger partial charge in [0.2, 0.25) is 5.90 Å². The predicted molar refractivity (Wildman–Crippen MR) is 81.4 cm³/mol. The normalized spacial score (nSPS) is 15.8. The molecular formula is C16H15N3O3. The molecule has 6 nitrogen and oxygen atoms in total. The van der Waals surface area contributed by atoms with Crippen LogP contribution in [0.4, 0.5) is 0 Å². The molecule has 22 heavy (non-hydrogen) atoms. The van der Waals surface area contributed by atoms with Crippen molar-refractivity contribution < 1.29 is 14.3 Å². The van der Waals surface area contributed by atoms with Crippen molar-refractivity contribution in [2.24, 2.45) is 12.0 Å². The lowest BCUT2D eigenvalue weighted by Gasteiger charge is -2.03. The molecule has 112 valence electrons. The number of carbonyl (C=O) groups excluding carboxylic acids is 1. The highest BCUT2D eigenvalue weighted by Crippen LogP contribution is 2.20. The van der Waals surface area contributed by atoms with E-state index >= 15 is 0 Å². The number of rotatable bonds is 4. The molecule has 1 aromatic carbocycles. The van der Waals surface area contributed by atoms with Gasteiger partial charge in [0.15, 0.2) is 5.70 Å². The summed E-state index contributed by atoms with van der Waals surface area (Å²) in [4.78, 5) is 16.1. The van der Waals surface area contributed by atoms with E-state index < -0.39 is 5.97 Å². The molecule has 0 saturated heterocycles. The summed E-state index contributed by atoms with van der Waals surface area (Å²) < 4.78 is 12.2. The molecule has 0 spiro atoms. The van der Waals surface area contributed by atoms with Gasteiger partial charge in [-0.2, -0.15) is 5.10 Å². The van der Waals surface area contributed by atoms with E-state index in [4.69, 9.17) is 9.47 Å². The molecule has 0 saturated carbocycles. The summed E-state index contributed by atoms with van der Waals surface area (Å²) in [6, 6.07) is 7.25. The Hall–Kier alpha value is -2.89. The summed E-state index contributed by atoms with van der Waals surface area (Å²) in [6.07, 6.45) is 5.10. The van der Waals surface area contributed by atoms with E-state index in [1.165, 1.54) is 0 Å². The molecular weight excluding hydrogens is 282 g/mol. The summed E-state index contributed by atoms with van der Waals surface area (Å²) in [7, 11) is 1.81. The first-order valence-corrected chi connectivity index (χ1v) is 6.90. The van der Waals surface area contributed by atoms with Crippen LogP contribution >= 0.6 is 0 Å². The van der Waals surface area contributed by atoms with Gasteiger partial charge in [0, 0.05) is 24.4 Å². The molecule has 0 radical (unpaired) electrons. The third-order valence-electron chi connectivity index (χ3n) is 3.06. The fourth-order valence-corrected chi connectivity index (χ4v) is 2.07. The van der Waals surface area contributed by atoms with Gasteiger partial charge in [-0.25, -0.2) is 9.79 Å². The van der Waals surface area contributed by atoms with Crippen LogP contribution in [0.5, 0.6) is 5.75 Å². The minimum absolute atomic E-state index is 0.261. The van der Waals surface area contributed by atoms with E-state index in [1.54, 1.807) is 23.2 Å². The molecule has 1 aliphatic rings. The highest BCUT2D eigenvalue weighted by atomic mass is 16.6. The molecule has 1 aliphatic heterocycles. The van der Waals surface area contributed by atoms with Gasteiger partial charge < -0.3 is 9.47 Å². The monoisotopic (exact) mass is 297 g/mol. The molecule has 0 bridgehead atoms. The van der Waals surface area contributed by atoms with Gasteiger partial charge in [0.1, 0.15) is 5.75 Å². The third kappa shape index (κ3) is 2.90. The van der Waals surface area contributed by atoms with Gasteiger partial charge in [0.05, 0.1) is 12.8 Å². The van der Waals surface area contributed by atoms with Crippen LogP contribution in [0.25, 0.3) is 6.08 Å². The molecule has 0 amide bonds. The van der Waals surface area contributed by atoms with Crippen molar-refractivity contribution in [1.29, 1.82) is 0 Å². The Labute approximate surface area is 127 Å². The first-order chi connectivity index (χ1) is 10.7. The van der Waals surface area contributed by atoms with Gasteiger partial charge >= 0.3 is 5.97 Å². The van der Waals surface area contributed by atoms with Crippen LogP contribution in [0.2, 0.25) is 0 Å². The van der Waals surface area contributed by atoms with E-state index in [1.807, 2.05) is 38.2 Å². The number of benzene rings is 1. The molecule has 0 aliphatic carbocycles. The third-order valence-corrected chi connectivity index (χ3v) is 3.06. The van der Waals surface area contributed by atoms with E-state index in [0.29, 0.717) is 12.5 Å². The van der Waals surface area contributed by atoms with Crippen LogP contribution < -0.4 is 4.74 Å². The molecule has 2 heterocycles. The minimum atomic E-state index is -0.465. The zero-order chi connectivity index (χ0) is 15.5. The molecule has 0 unspecified atom stereocenters. The van der Waals surface area contributed by atoms with Gasteiger partial charge in [-0.05, 0) is 37.3 Å². The van der Waals surface area contributed by atoms with Crippen molar-refractivity contribution in [1.82, 2.24) is 9.78 Å². The topological polar surface area (TPSA) is 65.7 Å². The van der Waals surface area contributed by atoms with Crippen molar-refractivity contribution in [2.45, 2.75) is 6.92 Å². The number of cyclic esters (lactones) is 1. The van der Waals surface area contributed by atoms with E-state index in [0.717, 1.165) is 16.9 Å². The van der Waals surface area contributed by atoms with Crippen molar-refractivity contribution in [3.05, 3.63) is 53.5 Å². The Kier molecular flexibility index (Phi) is 3.74. The summed E-state index contributed by atoms with van der Waals surface area (Å²) in [5, 5.41) is 4.05. The Morgan fingerprint density at radius 1 is 1.32 bits per heavy atom. The first-order valence-electron chi connectivity index (χ1n) is 6.90. The summed E-state index contributed by atoms with van der Waals surface area (Å²) in [5.74, 6) is 0.596. The molecule has 0 atom stereocenters. The number of aromatic nitrogens is 2. The number of carbonyl (C=O) groups is 1. The zero-order valence-electron chi connectivity index (χ0n) is 12.3. The average Bonchev–Trinajstić information content (AvgIpc) is 3.07. The standard InChI is InChI=1S/C16H15N3O3/c1-3-21-13-6-4-12(5-7-13)15-18-14(16(20)22-15)8-11-9-17-19(2)10-11/h4-10H,3H2,1-2H3/b14-8-. The van der Waals surface area contributed by atoms with Crippen molar-refractivity contribution in [2.75, 3.05) is 6.61 Å². The van der Waals surface area contributed by atoms with Crippen molar-refractivity contribution in [3.63, 3.8) is 0 Å². The second kappa shape index (κ2) is 5.85. The number of hydrogen-bond donors (Lipinski definition) is 0. The van der Waals surface area contributed by atoms with Crippen LogP contribution in [0.3, 0.4) is 0 Å². The lowest BCUT2D eigenvalue weighted by molar-refractivity contribution is -0.129. The van der Waals surface area contributed by atoms with Crippen molar-refractivity contribution in [3.8, 4) is 5.75 Å². The zero-order valence-corrected chi connectivity index (χ0v) is 12.3. The molecule has 0 fully saturated rings. The molecule has 0 N–H and O–H groups in total. The second-order valence-electron chi connectivity index (χ2n) is 4.74. The maximum absolute atomic E-state index is 11.9. The SMILES string of the molecule is CCOc1ccc(C2=N/C(=C\c3cnn(C)c3)C(=O)O2)cc1. The lowest BCUT2D eigenvalue weighted by atomic mass is 10.2. The fourth-order valence-electron chi connectivity index (χ4n) is 2.07. The average molecular weight is 297 g/mol. The quantitative estimate of drug-likeness (QED) is 0.641. The van der Waals surface area contributed by atoms with Crippen LogP contribution in [-0.4, -0.2) is 28.3 Å². The first kappa shape index (κ1) is 14.1.